The topological polar surface area (TPSA) is 70.2 Å². The summed E-state index contributed by atoms with van der Waals surface area (Å²) in [6.45, 7) is 3.12. The lowest BCUT2D eigenvalue weighted by atomic mass is 10.2. The molecule has 20 heavy (non-hydrogen) atoms. The van der Waals surface area contributed by atoms with Crippen molar-refractivity contribution < 1.29 is 19.1 Å². The van der Waals surface area contributed by atoms with Crippen LogP contribution in [0.1, 0.15) is 13.3 Å². The van der Waals surface area contributed by atoms with Gasteiger partial charge in [0.25, 0.3) is 0 Å². The molecule has 0 aromatic heterocycles. The first kappa shape index (κ1) is 16.6. The molecule has 1 aliphatic heterocycles. The summed E-state index contributed by atoms with van der Waals surface area (Å²) < 4.78 is 4.77. The Hall–Kier alpha value is -1.47. The van der Waals surface area contributed by atoms with Crippen molar-refractivity contribution in [2.24, 2.45) is 0 Å². The highest BCUT2D eigenvalue weighted by Crippen LogP contribution is 2.17. The fourth-order valence-corrected chi connectivity index (χ4v) is 2.03. The van der Waals surface area contributed by atoms with Gasteiger partial charge in [-0.2, -0.15) is 0 Å². The number of amides is 2. The largest absolute Gasteiger partial charge is 0.465 e. The number of hydrogen-bond donors (Lipinski definition) is 0. The summed E-state index contributed by atoms with van der Waals surface area (Å²) in [5, 5.41) is 0. The van der Waals surface area contributed by atoms with Gasteiger partial charge in [-0.15, -0.1) is 0 Å². The van der Waals surface area contributed by atoms with Gasteiger partial charge >= 0.3 is 5.97 Å². The molecule has 1 aliphatic rings. The minimum atomic E-state index is -0.550. The van der Waals surface area contributed by atoms with Gasteiger partial charge in [-0.25, -0.2) is 0 Å². The van der Waals surface area contributed by atoms with E-state index in [0.717, 1.165) is 11.4 Å². The average Bonchev–Trinajstić information content (AvgIpc) is 2.64. The van der Waals surface area contributed by atoms with Gasteiger partial charge in [0.15, 0.2) is 0 Å². The molecular weight excluding hydrogens is 262 g/mol. The zero-order valence-corrected chi connectivity index (χ0v) is 12.6. The Morgan fingerprint density at radius 2 is 1.95 bits per heavy atom. The molecule has 1 heterocycles. The molecule has 0 aromatic carbocycles. The van der Waals surface area contributed by atoms with Crippen LogP contribution < -0.4 is 0 Å². The predicted octanol–water partition coefficient (Wildman–Crippen LogP) is -0.830. The second kappa shape index (κ2) is 7.35. The summed E-state index contributed by atoms with van der Waals surface area (Å²) in [6.07, 6.45) is 0.127. The quantitative estimate of drug-likeness (QED) is 0.449. The number of carbonyl (C=O) groups is 3. The van der Waals surface area contributed by atoms with Crippen molar-refractivity contribution in [2.75, 3.05) is 47.4 Å². The zero-order valence-electron chi connectivity index (χ0n) is 12.6. The van der Waals surface area contributed by atoms with Crippen LogP contribution in [-0.4, -0.2) is 85.9 Å². The number of carbonyl (C=O) groups excluding carboxylic acids is 3. The van der Waals surface area contributed by atoms with Gasteiger partial charge in [-0.05, 0) is 28.1 Å². The highest BCUT2D eigenvalue weighted by Gasteiger charge is 2.41. The van der Waals surface area contributed by atoms with Gasteiger partial charge in [0.1, 0.15) is 6.54 Å². The highest BCUT2D eigenvalue weighted by molar-refractivity contribution is 6.07. The summed E-state index contributed by atoms with van der Waals surface area (Å²) in [6, 6.07) is -0.475. The minimum absolute atomic E-state index is 0.127. The van der Waals surface area contributed by atoms with Crippen LogP contribution in [0.15, 0.2) is 0 Å². The second-order valence-corrected chi connectivity index (χ2v) is 5.13. The number of nitrogens with zero attached hydrogens (tertiary/aromatic N) is 3. The maximum Gasteiger partial charge on any atom is 0.326 e. The molecule has 0 bridgehead atoms. The predicted molar refractivity (Wildman–Crippen MR) is 72.9 cm³/mol. The molecule has 7 heteroatoms. The van der Waals surface area contributed by atoms with Crippen molar-refractivity contribution in [3.05, 3.63) is 0 Å². The Kier molecular flexibility index (Phi) is 6.09. The maximum atomic E-state index is 12.2. The van der Waals surface area contributed by atoms with Crippen LogP contribution in [0, 0.1) is 0 Å². The summed E-state index contributed by atoms with van der Waals surface area (Å²) in [7, 11) is 5.71. The number of hydrogen-bond acceptors (Lipinski definition) is 6. The Bertz CT molecular complexity index is 384. The summed E-state index contributed by atoms with van der Waals surface area (Å²) in [5.41, 5.74) is 0. The molecule has 1 unspecified atom stereocenters. The number of likely N-dealkylation sites (tertiary alicyclic amines) is 1. The zero-order chi connectivity index (χ0) is 15.3. The van der Waals surface area contributed by atoms with Crippen LogP contribution in [0.3, 0.4) is 0 Å². The van der Waals surface area contributed by atoms with Gasteiger partial charge in [-0.1, -0.05) is 0 Å². The van der Waals surface area contributed by atoms with E-state index in [-0.39, 0.29) is 31.4 Å². The van der Waals surface area contributed by atoms with Gasteiger partial charge in [-0.3, -0.25) is 24.2 Å². The monoisotopic (exact) mass is 285 g/mol. The van der Waals surface area contributed by atoms with Gasteiger partial charge in [0.2, 0.25) is 11.8 Å². The van der Waals surface area contributed by atoms with Crippen molar-refractivity contribution in [3.8, 4) is 0 Å². The van der Waals surface area contributed by atoms with E-state index in [1.165, 1.54) is 0 Å². The molecule has 0 spiro atoms. The highest BCUT2D eigenvalue weighted by atomic mass is 16.5. The summed E-state index contributed by atoms with van der Waals surface area (Å²) >= 11 is 0. The van der Waals surface area contributed by atoms with E-state index in [1.807, 2.05) is 30.9 Å². The molecule has 1 rings (SSSR count). The first-order chi connectivity index (χ1) is 9.36. The minimum Gasteiger partial charge on any atom is -0.465 e. The molecule has 0 aromatic rings. The third kappa shape index (κ3) is 4.28. The van der Waals surface area contributed by atoms with Gasteiger partial charge < -0.3 is 9.64 Å². The van der Waals surface area contributed by atoms with E-state index in [0.29, 0.717) is 6.54 Å². The van der Waals surface area contributed by atoms with Crippen molar-refractivity contribution in [1.82, 2.24) is 14.7 Å². The molecule has 1 saturated heterocycles. The van der Waals surface area contributed by atoms with E-state index in [2.05, 4.69) is 0 Å². The van der Waals surface area contributed by atoms with Crippen LogP contribution in [0.2, 0.25) is 0 Å². The lowest BCUT2D eigenvalue weighted by molar-refractivity contribution is -0.152. The molecule has 0 saturated carbocycles. The molecule has 0 radical (unpaired) electrons. The third-order valence-electron chi connectivity index (χ3n) is 3.24. The summed E-state index contributed by atoms with van der Waals surface area (Å²) in [5.74, 6) is -1.18. The van der Waals surface area contributed by atoms with Crippen LogP contribution in [0.25, 0.3) is 0 Å². The first-order valence-electron chi connectivity index (χ1n) is 6.71. The molecular formula is C13H23N3O4. The second-order valence-electron chi connectivity index (χ2n) is 5.13. The van der Waals surface area contributed by atoms with Crippen molar-refractivity contribution in [1.29, 1.82) is 0 Å². The number of imide groups is 1. The van der Waals surface area contributed by atoms with Crippen molar-refractivity contribution in [2.45, 2.75) is 19.4 Å². The average molecular weight is 285 g/mol. The maximum absolute atomic E-state index is 12.2. The SMILES string of the molecule is CCOC(=O)CN1C(=O)CC(N(C)CCN(C)C)C1=O. The van der Waals surface area contributed by atoms with E-state index in [9.17, 15) is 14.4 Å². The number of esters is 1. The fourth-order valence-electron chi connectivity index (χ4n) is 2.03. The van der Waals surface area contributed by atoms with E-state index in [4.69, 9.17) is 4.74 Å². The Labute approximate surface area is 119 Å². The van der Waals surface area contributed by atoms with E-state index >= 15 is 0 Å². The number of ether oxygens (including phenoxy) is 1. The Balaban J connectivity index is 2.59. The van der Waals surface area contributed by atoms with E-state index in [1.54, 1.807) is 6.92 Å². The van der Waals surface area contributed by atoms with Crippen molar-refractivity contribution in [3.63, 3.8) is 0 Å². The third-order valence-corrected chi connectivity index (χ3v) is 3.24. The molecule has 114 valence electrons. The summed E-state index contributed by atoms with van der Waals surface area (Å²) in [4.78, 5) is 40.3. The standard InChI is InChI=1S/C13H23N3O4/c1-5-20-12(18)9-16-11(17)8-10(13(16)19)15(4)7-6-14(2)3/h10H,5-9H2,1-4H3. The van der Waals surface area contributed by atoms with Gasteiger partial charge in [0, 0.05) is 13.1 Å². The lowest BCUT2D eigenvalue weighted by Crippen LogP contribution is -2.43. The molecule has 7 nitrogen and oxygen atoms in total. The van der Waals surface area contributed by atoms with Crippen molar-refractivity contribution >= 4 is 17.8 Å². The lowest BCUT2D eigenvalue weighted by Gasteiger charge is -2.24. The Morgan fingerprint density at radius 3 is 2.50 bits per heavy atom. The molecule has 1 fully saturated rings. The van der Waals surface area contributed by atoms with Crippen LogP contribution in [-0.2, 0) is 19.1 Å². The van der Waals surface area contributed by atoms with Crippen LogP contribution in [0.5, 0.6) is 0 Å². The number of likely N-dealkylation sites (N-methyl/N-ethyl adjacent to an activating group) is 2. The number of rotatable bonds is 7. The van der Waals surface area contributed by atoms with E-state index < -0.39 is 12.0 Å². The molecule has 0 aliphatic carbocycles. The molecule has 0 N–H and O–H groups in total. The fraction of sp³-hybridized carbons (Fsp3) is 0.769. The molecule has 2 amide bonds. The normalized spacial score (nSPS) is 19.3. The first-order valence-corrected chi connectivity index (χ1v) is 6.71. The molecule has 1 atom stereocenters. The van der Waals surface area contributed by atoms with Gasteiger partial charge in [0.05, 0.1) is 19.1 Å². The van der Waals surface area contributed by atoms with Crippen LogP contribution >= 0.6 is 0 Å². The van der Waals surface area contributed by atoms with Crippen LogP contribution in [0.4, 0.5) is 0 Å². The smallest absolute Gasteiger partial charge is 0.326 e. The Morgan fingerprint density at radius 1 is 1.30 bits per heavy atom.